The van der Waals surface area contributed by atoms with Crippen LogP contribution >= 0.6 is 0 Å². The lowest BCUT2D eigenvalue weighted by Gasteiger charge is -2.36. The fourth-order valence-corrected chi connectivity index (χ4v) is 6.61. The van der Waals surface area contributed by atoms with Gasteiger partial charge < -0.3 is 21.0 Å². The molecule has 0 aliphatic carbocycles. The Labute approximate surface area is 263 Å². The zero-order chi connectivity index (χ0) is 32.0. The van der Waals surface area contributed by atoms with Gasteiger partial charge in [0.2, 0.25) is 15.9 Å². The zero-order valence-corrected chi connectivity index (χ0v) is 25.9. The van der Waals surface area contributed by atoms with Crippen molar-refractivity contribution in [3.63, 3.8) is 0 Å². The normalized spacial score (nSPS) is 20.2. The lowest BCUT2D eigenvalue weighted by Crippen LogP contribution is -2.52. The average Bonchev–Trinajstić information content (AvgIpc) is 3.48. The van der Waals surface area contributed by atoms with E-state index < -0.39 is 22.0 Å². The smallest absolute Gasteiger partial charge is 0.338 e. The summed E-state index contributed by atoms with van der Waals surface area (Å²) < 4.78 is 30.9. The molecular weight excluding hydrogens is 596 g/mol. The van der Waals surface area contributed by atoms with Crippen LogP contribution in [0.1, 0.15) is 33.5 Å². The number of nitrogens with zero attached hydrogens (tertiary/aromatic N) is 4. The van der Waals surface area contributed by atoms with Crippen molar-refractivity contribution in [3.8, 4) is 0 Å². The summed E-state index contributed by atoms with van der Waals surface area (Å²) in [5, 5.41) is 15.0. The number of ether oxygens (including phenoxy) is 1. The molecule has 3 aromatic rings. The molecule has 5 rings (SSSR count). The first-order valence-electron chi connectivity index (χ1n) is 14.7. The number of carbonyl (C=O) groups excluding carboxylic acids is 2. The quantitative estimate of drug-likeness (QED) is 0.100. The summed E-state index contributed by atoms with van der Waals surface area (Å²) in [6, 6.07) is 23.0. The number of oxime groups is 1. The largest absolute Gasteiger partial charge is 0.457 e. The predicted octanol–water partition coefficient (Wildman–Crippen LogP) is 2.30. The van der Waals surface area contributed by atoms with Crippen molar-refractivity contribution >= 4 is 33.4 Å². The Morgan fingerprint density at radius 2 is 1.58 bits per heavy atom. The van der Waals surface area contributed by atoms with Crippen molar-refractivity contribution in [2.75, 3.05) is 44.3 Å². The van der Waals surface area contributed by atoms with Gasteiger partial charge in [-0.2, -0.15) is 4.31 Å². The molecule has 2 heterocycles. The van der Waals surface area contributed by atoms with Crippen LogP contribution in [0.2, 0.25) is 0 Å². The van der Waals surface area contributed by atoms with Crippen LogP contribution in [-0.2, 0) is 32.7 Å². The molecule has 0 bridgehead atoms. The van der Waals surface area contributed by atoms with Crippen molar-refractivity contribution in [2.45, 2.75) is 31.7 Å². The molecule has 2 atom stereocenters. The van der Waals surface area contributed by atoms with E-state index in [1.54, 1.807) is 36.4 Å². The van der Waals surface area contributed by atoms with Crippen LogP contribution in [0, 0.1) is 0 Å². The van der Waals surface area contributed by atoms with E-state index in [-0.39, 0.29) is 24.4 Å². The highest BCUT2D eigenvalue weighted by atomic mass is 32.2. The predicted molar refractivity (Wildman–Crippen MR) is 170 cm³/mol. The second-order valence-corrected chi connectivity index (χ2v) is 13.3. The van der Waals surface area contributed by atoms with E-state index in [1.165, 1.54) is 10.6 Å². The monoisotopic (exact) mass is 634 g/mol. The number of nitrogens with two attached hydrogens (primary N) is 1. The van der Waals surface area contributed by atoms with E-state index in [0.29, 0.717) is 62.5 Å². The molecule has 0 spiro atoms. The van der Waals surface area contributed by atoms with Crippen molar-refractivity contribution in [2.24, 2.45) is 10.9 Å². The summed E-state index contributed by atoms with van der Waals surface area (Å²) in [5.74, 6) is -0.598. The van der Waals surface area contributed by atoms with E-state index in [0.717, 1.165) is 11.1 Å². The summed E-state index contributed by atoms with van der Waals surface area (Å²) in [7, 11) is -3.25. The van der Waals surface area contributed by atoms with Gasteiger partial charge in [-0.25, -0.2) is 13.2 Å². The number of hydrogen-bond acceptors (Lipinski definition) is 9. The minimum Gasteiger partial charge on any atom is -0.457 e. The molecule has 3 aromatic carbocycles. The SMILES string of the molecule is CS(=O)(=O)N1CCN([C@H]2C[C@@H](C(=O)Nc3ccc(C(=O)OCc4ccccc4)cc3)N(Cc3ccc(/C(N)=N/O)cc3)C2)CC1. The van der Waals surface area contributed by atoms with E-state index in [9.17, 15) is 18.0 Å². The minimum atomic E-state index is -3.25. The van der Waals surface area contributed by atoms with E-state index in [1.807, 2.05) is 42.5 Å². The second-order valence-electron chi connectivity index (χ2n) is 11.3. The third-order valence-electron chi connectivity index (χ3n) is 8.29. The van der Waals surface area contributed by atoms with Crippen molar-refractivity contribution in [1.82, 2.24) is 14.1 Å². The van der Waals surface area contributed by atoms with Gasteiger partial charge in [-0.15, -0.1) is 0 Å². The van der Waals surface area contributed by atoms with Crippen molar-refractivity contribution < 1.29 is 28.0 Å². The molecule has 2 fully saturated rings. The van der Waals surface area contributed by atoms with E-state index in [2.05, 4.69) is 20.3 Å². The van der Waals surface area contributed by atoms with Crippen LogP contribution in [0.3, 0.4) is 0 Å². The maximum atomic E-state index is 13.7. The average molecular weight is 635 g/mol. The first kappa shape index (κ1) is 32.1. The zero-order valence-electron chi connectivity index (χ0n) is 25.1. The van der Waals surface area contributed by atoms with Crippen LogP contribution in [-0.4, -0.2) is 96.5 Å². The number of carbonyl (C=O) groups is 2. The fraction of sp³-hybridized carbons (Fsp3) is 0.344. The maximum Gasteiger partial charge on any atom is 0.338 e. The molecule has 2 aliphatic heterocycles. The molecule has 12 nitrogen and oxygen atoms in total. The Kier molecular flexibility index (Phi) is 10.1. The fourth-order valence-electron chi connectivity index (χ4n) is 5.79. The minimum absolute atomic E-state index is 0.0174. The number of piperazine rings is 1. The molecule has 4 N–H and O–H groups in total. The summed E-state index contributed by atoms with van der Waals surface area (Å²) in [6.45, 7) is 3.33. The number of rotatable bonds is 10. The molecule has 0 unspecified atom stereocenters. The molecule has 0 saturated carbocycles. The molecular formula is C32H38N6O6S. The molecule has 2 aliphatic rings. The van der Waals surface area contributed by atoms with Gasteiger partial charge >= 0.3 is 5.97 Å². The Morgan fingerprint density at radius 3 is 2.20 bits per heavy atom. The number of amides is 1. The molecule has 13 heteroatoms. The topological polar surface area (TPSA) is 158 Å². The van der Waals surface area contributed by atoms with Gasteiger partial charge in [0.15, 0.2) is 5.84 Å². The van der Waals surface area contributed by atoms with Crippen LogP contribution in [0.5, 0.6) is 0 Å². The number of sulfonamides is 1. The molecule has 45 heavy (non-hydrogen) atoms. The maximum absolute atomic E-state index is 13.7. The first-order valence-corrected chi connectivity index (χ1v) is 16.6. The van der Waals surface area contributed by atoms with Crippen LogP contribution in [0.4, 0.5) is 5.69 Å². The van der Waals surface area contributed by atoms with Crippen LogP contribution in [0.15, 0.2) is 84.0 Å². The van der Waals surface area contributed by atoms with Gasteiger partial charge in [0.05, 0.1) is 17.9 Å². The molecule has 2 saturated heterocycles. The third-order valence-corrected chi connectivity index (χ3v) is 9.59. The molecule has 0 aromatic heterocycles. The number of likely N-dealkylation sites (tertiary alicyclic amines) is 1. The highest BCUT2D eigenvalue weighted by Gasteiger charge is 2.40. The lowest BCUT2D eigenvalue weighted by molar-refractivity contribution is -0.120. The first-order chi connectivity index (χ1) is 21.6. The third kappa shape index (κ3) is 8.25. The highest BCUT2D eigenvalue weighted by Crippen LogP contribution is 2.27. The van der Waals surface area contributed by atoms with Crippen molar-refractivity contribution in [3.05, 3.63) is 101 Å². The summed E-state index contributed by atoms with van der Waals surface area (Å²) in [4.78, 5) is 30.6. The lowest BCUT2D eigenvalue weighted by atomic mass is 10.1. The molecule has 1 amide bonds. The van der Waals surface area contributed by atoms with Gasteiger partial charge in [0.25, 0.3) is 0 Å². The number of amidine groups is 1. The van der Waals surface area contributed by atoms with Crippen LogP contribution in [0.25, 0.3) is 0 Å². The number of nitrogens with one attached hydrogen (secondary N) is 1. The summed E-state index contributed by atoms with van der Waals surface area (Å²) in [6.07, 6.45) is 1.81. The second kappa shape index (κ2) is 14.2. The highest BCUT2D eigenvalue weighted by molar-refractivity contribution is 7.88. The number of esters is 1. The Morgan fingerprint density at radius 1 is 0.933 bits per heavy atom. The Balaban J connectivity index is 1.25. The van der Waals surface area contributed by atoms with Crippen LogP contribution < -0.4 is 11.1 Å². The summed E-state index contributed by atoms with van der Waals surface area (Å²) >= 11 is 0. The van der Waals surface area contributed by atoms with Crippen molar-refractivity contribution in [1.29, 1.82) is 0 Å². The van der Waals surface area contributed by atoms with Gasteiger partial charge in [-0.3, -0.25) is 14.6 Å². The Bertz CT molecular complexity index is 1610. The number of anilines is 1. The molecule has 0 radical (unpaired) electrons. The standard InChI is InChI=1S/C32H38N6O6S/c1-45(42,43)38-17-15-36(16-18-38)28-19-29(37(21-28)20-23-7-9-25(10-8-23)30(33)35-41)31(39)34-27-13-11-26(12-14-27)32(40)44-22-24-5-3-2-4-6-24/h2-14,28-29,41H,15-22H2,1H3,(H2,33,35)(H,34,39)/t28-,29-/m0/s1. The molecule has 238 valence electrons. The number of hydrogen-bond donors (Lipinski definition) is 3. The van der Waals surface area contributed by atoms with E-state index >= 15 is 0 Å². The summed E-state index contributed by atoms with van der Waals surface area (Å²) in [5.41, 5.74) is 9.10. The van der Waals surface area contributed by atoms with Gasteiger partial charge in [-0.05, 0) is 41.8 Å². The van der Waals surface area contributed by atoms with Gasteiger partial charge in [0.1, 0.15) is 6.61 Å². The van der Waals surface area contributed by atoms with Gasteiger partial charge in [-0.1, -0.05) is 59.8 Å². The van der Waals surface area contributed by atoms with E-state index in [4.69, 9.17) is 15.7 Å². The van der Waals surface area contributed by atoms with Gasteiger partial charge in [0, 0.05) is 56.6 Å². The Hall–Kier alpha value is -4.30. The number of benzene rings is 3.